The lowest BCUT2D eigenvalue weighted by Gasteiger charge is -2.12. The molecule has 2 aromatic carbocycles. The SMILES string of the molecule is Cn1c(=O)n(Cc2ccccc2Cl)c(=O)c2c1nc(NN)n2Cc1ccccc1Cl. The van der Waals surface area contributed by atoms with Crippen molar-refractivity contribution >= 4 is 40.3 Å². The van der Waals surface area contributed by atoms with Crippen LogP contribution in [-0.4, -0.2) is 18.7 Å². The maximum atomic E-state index is 13.4. The Kier molecular flexibility index (Phi) is 5.38. The zero-order chi connectivity index (χ0) is 21.4. The van der Waals surface area contributed by atoms with Gasteiger partial charge in [-0.05, 0) is 23.3 Å². The summed E-state index contributed by atoms with van der Waals surface area (Å²) in [6.45, 7) is 0.277. The van der Waals surface area contributed by atoms with Crippen LogP contribution in [0.25, 0.3) is 11.2 Å². The van der Waals surface area contributed by atoms with E-state index in [4.69, 9.17) is 29.0 Å². The monoisotopic (exact) mass is 444 g/mol. The van der Waals surface area contributed by atoms with Crippen LogP contribution in [0.5, 0.6) is 0 Å². The second kappa shape index (κ2) is 7.98. The van der Waals surface area contributed by atoms with Gasteiger partial charge in [0.1, 0.15) is 0 Å². The standard InChI is InChI=1S/C20H18Cl2N6O2/c1-26-17-16(18(29)28(20(26)30)11-13-7-3-5-9-15(13)22)27(19(24-17)25-23)10-12-6-2-4-8-14(12)21/h2-9H,10-11,23H2,1H3,(H,24,25). The van der Waals surface area contributed by atoms with Gasteiger partial charge in [-0.2, -0.15) is 4.98 Å². The Morgan fingerprint density at radius 1 is 0.933 bits per heavy atom. The van der Waals surface area contributed by atoms with Crippen molar-refractivity contribution < 1.29 is 0 Å². The van der Waals surface area contributed by atoms with Gasteiger partial charge in [0.05, 0.1) is 13.1 Å². The van der Waals surface area contributed by atoms with Gasteiger partial charge in [0, 0.05) is 17.1 Å². The third kappa shape index (κ3) is 3.39. The van der Waals surface area contributed by atoms with Crippen LogP contribution in [0.3, 0.4) is 0 Å². The molecule has 0 aliphatic carbocycles. The maximum absolute atomic E-state index is 13.4. The number of aromatic nitrogens is 4. The largest absolute Gasteiger partial charge is 0.332 e. The summed E-state index contributed by atoms with van der Waals surface area (Å²) in [4.78, 5) is 30.6. The third-order valence-electron chi connectivity index (χ3n) is 4.93. The van der Waals surface area contributed by atoms with E-state index in [-0.39, 0.29) is 30.2 Å². The number of nitrogens with zero attached hydrogens (tertiary/aromatic N) is 4. The summed E-state index contributed by atoms with van der Waals surface area (Å²) in [5.41, 5.74) is 3.40. The van der Waals surface area contributed by atoms with Gasteiger partial charge in [-0.3, -0.25) is 23.9 Å². The summed E-state index contributed by atoms with van der Waals surface area (Å²) >= 11 is 12.5. The molecule has 0 aliphatic heterocycles. The molecule has 30 heavy (non-hydrogen) atoms. The van der Waals surface area contributed by atoms with E-state index in [0.717, 1.165) is 10.1 Å². The first-order valence-corrected chi connectivity index (χ1v) is 9.81. The predicted octanol–water partition coefficient (Wildman–Crippen LogP) is 2.59. The average Bonchev–Trinajstić information content (AvgIpc) is 3.11. The number of benzene rings is 2. The maximum Gasteiger partial charge on any atom is 0.332 e. The van der Waals surface area contributed by atoms with Crippen molar-refractivity contribution in [3.8, 4) is 0 Å². The van der Waals surface area contributed by atoms with Gasteiger partial charge in [-0.1, -0.05) is 59.6 Å². The minimum absolute atomic E-state index is 0.0315. The Labute approximate surface area is 181 Å². The molecule has 0 amide bonds. The fourth-order valence-corrected chi connectivity index (χ4v) is 3.76. The lowest BCUT2D eigenvalue weighted by atomic mass is 10.2. The molecular formula is C20H18Cl2N6O2. The summed E-state index contributed by atoms with van der Waals surface area (Å²) in [5, 5.41) is 1.02. The van der Waals surface area contributed by atoms with E-state index in [9.17, 15) is 9.59 Å². The minimum Gasteiger partial charge on any atom is -0.299 e. The number of anilines is 1. The fourth-order valence-electron chi connectivity index (χ4n) is 3.37. The van der Waals surface area contributed by atoms with Crippen LogP contribution < -0.4 is 22.5 Å². The summed E-state index contributed by atoms with van der Waals surface area (Å²) in [6, 6.07) is 14.3. The summed E-state index contributed by atoms with van der Waals surface area (Å²) in [6.07, 6.45) is 0. The van der Waals surface area contributed by atoms with E-state index in [2.05, 4.69) is 10.4 Å². The molecule has 154 valence electrons. The Bertz CT molecular complexity index is 1370. The molecule has 2 aromatic heterocycles. The zero-order valence-electron chi connectivity index (χ0n) is 16.0. The van der Waals surface area contributed by atoms with Crippen LogP contribution >= 0.6 is 23.2 Å². The van der Waals surface area contributed by atoms with E-state index < -0.39 is 11.2 Å². The lowest BCUT2D eigenvalue weighted by molar-refractivity contribution is 0.653. The fraction of sp³-hybridized carbons (Fsp3) is 0.150. The molecule has 10 heteroatoms. The highest BCUT2D eigenvalue weighted by molar-refractivity contribution is 6.31. The van der Waals surface area contributed by atoms with Crippen LogP contribution in [0.2, 0.25) is 10.0 Å². The van der Waals surface area contributed by atoms with Gasteiger partial charge in [0.25, 0.3) is 5.56 Å². The molecule has 2 heterocycles. The highest BCUT2D eigenvalue weighted by Gasteiger charge is 2.21. The van der Waals surface area contributed by atoms with Gasteiger partial charge in [0.2, 0.25) is 5.95 Å². The Morgan fingerprint density at radius 3 is 2.00 bits per heavy atom. The van der Waals surface area contributed by atoms with Crippen LogP contribution in [0.4, 0.5) is 5.95 Å². The Hall–Kier alpha value is -3.07. The molecule has 4 rings (SSSR count). The van der Waals surface area contributed by atoms with Crippen molar-refractivity contribution in [2.45, 2.75) is 13.1 Å². The lowest BCUT2D eigenvalue weighted by Crippen LogP contribution is -2.40. The zero-order valence-corrected chi connectivity index (χ0v) is 17.5. The van der Waals surface area contributed by atoms with E-state index >= 15 is 0 Å². The molecule has 0 spiro atoms. The number of hydrazine groups is 1. The number of fused-ring (bicyclic) bond motifs is 1. The van der Waals surface area contributed by atoms with Crippen molar-refractivity contribution in [3.63, 3.8) is 0 Å². The van der Waals surface area contributed by atoms with Crippen molar-refractivity contribution in [2.75, 3.05) is 5.43 Å². The van der Waals surface area contributed by atoms with Gasteiger partial charge < -0.3 is 0 Å². The quantitative estimate of drug-likeness (QED) is 0.364. The summed E-state index contributed by atoms with van der Waals surface area (Å²) in [7, 11) is 1.56. The van der Waals surface area contributed by atoms with Crippen LogP contribution in [0, 0.1) is 0 Å². The topological polar surface area (TPSA) is 99.9 Å². The normalized spacial score (nSPS) is 11.2. The molecule has 0 fully saturated rings. The second-order valence-electron chi connectivity index (χ2n) is 6.75. The van der Waals surface area contributed by atoms with Gasteiger partial charge in [-0.15, -0.1) is 0 Å². The van der Waals surface area contributed by atoms with Crippen molar-refractivity contribution in [3.05, 3.63) is 90.5 Å². The second-order valence-corrected chi connectivity index (χ2v) is 7.57. The number of rotatable bonds is 5. The number of nitrogens with one attached hydrogen (secondary N) is 1. The van der Waals surface area contributed by atoms with Crippen molar-refractivity contribution in [2.24, 2.45) is 12.9 Å². The molecule has 0 aliphatic rings. The first-order valence-electron chi connectivity index (χ1n) is 9.06. The Morgan fingerprint density at radius 2 is 1.47 bits per heavy atom. The number of nitrogen functional groups attached to an aromatic ring is 1. The molecule has 0 atom stereocenters. The van der Waals surface area contributed by atoms with E-state index in [0.29, 0.717) is 15.6 Å². The van der Waals surface area contributed by atoms with Gasteiger partial charge >= 0.3 is 5.69 Å². The molecule has 3 N–H and O–H groups in total. The number of hydrogen-bond donors (Lipinski definition) is 2. The van der Waals surface area contributed by atoms with Crippen LogP contribution in [0.1, 0.15) is 11.1 Å². The average molecular weight is 445 g/mol. The number of hydrogen-bond acceptors (Lipinski definition) is 5. The number of nitrogens with two attached hydrogens (primary N) is 1. The Balaban J connectivity index is 1.96. The molecule has 0 saturated heterocycles. The van der Waals surface area contributed by atoms with Crippen LogP contribution in [0.15, 0.2) is 58.1 Å². The van der Waals surface area contributed by atoms with Gasteiger partial charge in [0.15, 0.2) is 11.2 Å². The van der Waals surface area contributed by atoms with Crippen molar-refractivity contribution in [1.29, 1.82) is 0 Å². The van der Waals surface area contributed by atoms with E-state index in [1.165, 1.54) is 4.57 Å². The molecule has 8 nitrogen and oxygen atoms in total. The molecule has 0 unspecified atom stereocenters. The van der Waals surface area contributed by atoms with Crippen LogP contribution in [-0.2, 0) is 20.1 Å². The van der Waals surface area contributed by atoms with Crippen molar-refractivity contribution in [1.82, 2.24) is 18.7 Å². The highest BCUT2D eigenvalue weighted by atomic mass is 35.5. The van der Waals surface area contributed by atoms with E-state index in [1.54, 1.807) is 41.9 Å². The predicted molar refractivity (Wildman–Crippen MR) is 118 cm³/mol. The van der Waals surface area contributed by atoms with Gasteiger partial charge in [-0.25, -0.2) is 10.6 Å². The number of aryl methyl sites for hydroxylation is 1. The molecule has 4 aromatic rings. The molecule has 0 saturated carbocycles. The first kappa shape index (κ1) is 20.2. The minimum atomic E-state index is -0.501. The molecular weight excluding hydrogens is 427 g/mol. The first-order chi connectivity index (χ1) is 14.4. The number of imidazole rings is 1. The van der Waals surface area contributed by atoms with E-state index in [1.807, 2.05) is 18.2 Å². The molecule has 0 radical (unpaired) electrons. The summed E-state index contributed by atoms with van der Waals surface area (Å²) in [5.74, 6) is 5.89. The third-order valence-corrected chi connectivity index (χ3v) is 5.67. The highest BCUT2D eigenvalue weighted by Crippen LogP contribution is 2.22. The number of halogens is 2. The molecule has 0 bridgehead atoms. The summed E-state index contributed by atoms with van der Waals surface area (Å²) < 4.78 is 4.06. The smallest absolute Gasteiger partial charge is 0.299 e.